The van der Waals surface area contributed by atoms with E-state index in [-0.39, 0.29) is 11.8 Å². The summed E-state index contributed by atoms with van der Waals surface area (Å²) in [7, 11) is 2.05. The van der Waals surface area contributed by atoms with E-state index >= 15 is 0 Å². The van der Waals surface area contributed by atoms with Crippen molar-refractivity contribution in [2.45, 2.75) is 6.42 Å². The lowest BCUT2D eigenvalue weighted by atomic mass is 10.1. The van der Waals surface area contributed by atoms with Crippen LogP contribution < -0.4 is 4.90 Å². The van der Waals surface area contributed by atoms with Crippen LogP contribution in [-0.4, -0.2) is 66.4 Å². The number of benzene rings is 1. The van der Waals surface area contributed by atoms with Crippen LogP contribution in [0.15, 0.2) is 42.6 Å². The first-order valence-corrected chi connectivity index (χ1v) is 8.97. The fourth-order valence-corrected chi connectivity index (χ4v) is 3.56. The minimum absolute atomic E-state index is 0.0789. The lowest BCUT2D eigenvalue weighted by Crippen LogP contribution is -2.47. The summed E-state index contributed by atoms with van der Waals surface area (Å²) in [5.74, 6) is -0.181. The molecule has 2 aliphatic heterocycles. The number of piperazine rings is 1. The van der Waals surface area contributed by atoms with E-state index in [9.17, 15) is 9.59 Å². The molecular formula is C20H22N4O2. The SMILES string of the molecule is CN1CCN(C(=O)c2cc(C(=O)N3CCc4ccccc43)ccn2)CC1. The van der Waals surface area contributed by atoms with Crippen LogP contribution in [0.25, 0.3) is 0 Å². The molecule has 0 saturated carbocycles. The summed E-state index contributed by atoms with van der Waals surface area (Å²) in [5, 5.41) is 0. The van der Waals surface area contributed by atoms with Gasteiger partial charge in [0.05, 0.1) is 0 Å². The predicted octanol–water partition coefficient (Wildman–Crippen LogP) is 1.67. The van der Waals surface area contributed by atoms with Crippen molar-refractivity contribution in [1.82, 2.24) is 14.8 Å². The molecule has 0 aliphatic carbocycles. The summed E-state index contributed by atoms with van der Waals surface area (Å²) in [4.78, 5) is 35.7. The second kappa shape index (κ2) is 6.88. The Morgan fingerprint density at radius 1 is 0.962 bits per heavy atom. The number of para-hydroxylation sites is 1. The highest BCUT2D eigenvalue weighted by molar-refractivity contribution is 6.08. The molecule has 1 saturated heterocycles. The molecule has 134 valence electrons. The molecule has 0 atom stereocenters. The van der Waals surface area contributed by atoms with E-state index in [0.717, 1.165) is 25.2 Å². The number of likely N-dealkylation sites (N-methyl/N-ethyl adjacent to an activating group) is 1. The smallest absolute Gasteiger partial charge is 0.272 e. The van der Waals surface area contributed by atoms with Gasteiger partial charge >= 0.3 is 0 Å². The Balaban J connectivity index is 1.54. The molecule has 6 nitrogen and oxygen atoms in total. The summed E-state index contributed by atoms with van der Waals surface area (Å²) in [5.41, 5.74) is 2.99. The van der Waals surface area contributed by atoms with E-state index in [1.807, 2.05) is 30.1 Å². The summed E-state index contributed by atoms with van der Waals surface area (Å²) < 4.78 is 0. The molecule has 0 spiro atoms. The molecule has 3 heterocycles. The molecule has 2 aromatic rings. The van der Waals surface area contributed by atoms with E-state index in [1.165, 1.54) is 5.56 Å². The number of rotatable bonds is 2. The first-order valence-electron chi connectivity index (χ1n) is 8.97. The number of anilines is 1. The minimum atomic E-state index is -0.102. The lowest BCUT2D eigenvalue weighted by molar-refractivity contribution is 0.0658. The Hall–Kier alpha value is -2.73. The van der Waals surface area contributed by atoms with Crippen molar-refractivity contribution in [3.8, 4) is 0 Å². The van der Waals surface area contributed by atoms with Crippen LogP contribution in [0, 0.1) is 0 Å². The van der Waals surface area contributed by atoms with Crippen molar-refractivity contribution in [3.63, 3.8) is 0 Å². The monoisotopic (exact) mass is 350 g/mol. The fraction of sp³-hybridized carbons (Fsp3) is 0.350. The fourth-order valence-electron chi connectivity index (χ4n) is 3.56. The highest BCUT2D eigenvalue weighted by Crippen LogP contribution is 2.28. The molecule has 2 aliphatic rings. The van der Waals surface area contributed by atoms with Gasteiger partial charge in [0.15, 0.2) is 0 Å². The van der Waals surface area contributed by atoms with Gasteiger partial charge in [-0.05, 0) is 37.2 Å². The molecule has 1 aromatic carbocycles. The summed E-state index contributed by atoms with van der Waals surface area (Å²) in [6, 6.07) is 11.3. The summed E-state index contributed by atoms with van der Waals surface area (Å²) >= 11 is 0. The van der Waals surface area contributed by atoms with Crippen molar-refractivity contribution in [3.05, 3.63) is 59.4 Å². The van der Waals surface area contributed by atoms with Crippen molar-refractivity contribution in [2.75, 3.05) is 44.7 Å². The number of pyridine rings is 1. The van der Waals surface area contributed by atoms with E-state index in [4.69, 9.17) is 0 Å². The second-order valence-corrected chi connectivity index (χ2v) is 6.86. The molecule has 1 aromatic heterocycles. The second-order valence-electron chi connectivity index (χ2n) is 6.86. The van der Waals surface area contributed by atoms with Gasteiger partial charge in [0, 0.05) is 50.2 Å². The quantitative estimate of drug-likeness (QED) is 0.827. The van der Waals surface area contributed by atoms with Gasteiger partial charge in [0.25, 0.3) is 11.8 Å². The van der Waals surface area contributed by atoms with Crippen LogP contribution in [0.4, 0.5) is 5.69 Å². The first-order chi connectivity index (χ1) is 12.6. The van der Waals surface area contributed by atoms with E-state index in [0.29, 0.717) is 30.9 Å². The van der Waals surface area contributed by atoms with Crippen LogP contribution in [0.3, 0.4) is 0 Å². The van der Waals surface area contributed by atoms with Gasteiger partial charge < -0.3 is 14.7 Å². The van der Waals surface area contributed by atoms with Crippen molar-refractivity contribution >= 4 is 17.5 Å². The van der Waals surface area contributed by atoms with E-state index < -0.39 is 0 Å². The first kappa shape index (κ1) is 16.7. The van der Waals surface area contributed by atoms with Gasteiger partial charge in [-0.3, -0.25) is 14.6 Å². The van der Waals surface area contributed by atoms with Gasteiger partial charge in [0.2, 0.25) is 0 Å². The van der Waals surface area contributed by atoms with Crippen LogP contribution >= 0.6 is 0 Å². The predicted molar refractivity (Wildman–Crippen MR) is 99.5 cm³/mol. The van der Waals surface area contributed by atoms with Gasteiger partial charge in [-0.25, -0.2) is 0 Å². The maximum absolute atomic E-state index is 13.0. The van der Waals surface area contributed by atoms with Gasteiger partial charge in [-0.15, -0.1) is 0 Å². The zero-order valence-electron chi connectivity index (χ0n) is 14.9. The number of hydrogen-bond acceptors (Lipinski definition) is 4. The minimum Gasteiger partial charge on any atom is -0.335 e. The van der Waals surface area contributed by atoms with Crippen molar-refractivity contribution < 1.29 is 9.59 Å². The average Bonchev–Trinajstić information content (AvgIpc) is 3.12. The Morgan fingerprint density at radius 2 is 1.73 bits per heavy atom. The Kier molecular flexibility index (Phi) is 4.42. The maximum atomic E-state index is 13.0. The van der Waals surface area contributed by atoms with Crippen LogP contribution in [0.2, 0.25) is 0 Å². The van der Waals surface area contributed by atoms with Crippen LogP contribution in [0.5, 0.6) is 0 Å². The number of aromatic nitrogens is 1. The molecule has 0 unspecified atom stereocenters. The maximum Gasteiger partial charge on any atom is 0.272 e. The summed E-state index contributed by atoms with van der Waals surface area (Å²) in [6.45, 7) is 3.76. The topological polar surface area (TPSA) is 56.8 Å². The third-order valence-electron chi connectivity index (χ3n) is 5.15. The van der Waals surface area contributed by atoms with Crippen molar-refractivity contribution in [2.24, 2.45) is 0 Å². The Morgan fingerprint density at radius 3 is 2.54 bits per heavy atom. The van der Waals surface area contributed by atoms with Gasteiger partial charge in [0.1, 0.15) is 5.69 Å². The van der Waals surface area contributed by atoms with E-state index in [2.05, 4.69) is 16.0 Å². The third-order valence-corrected chi connectivity index (χ3v) is 5.15. The number of carbonyl (C=O) groups excluding carboxylic acids is 2. The molecule has 0 bridgehead atoms. The molecule has 4 rings (SSSR count). The largest absolute Gasteiger partial charge is 0.335 e. The lowest BCUT2D eigenvalue weighted by Gasteiger charge is -2.32. The highest BCUT2D eigenvalue weighted by atomic mass is 16.2. The van der Waals surface area contributed by atoms with E-state index in [1.54, 1.807) is 23.2 Å². The Labute approximate surface area is 153 Å². The zero-order valence-corrected chi connectivity index (χ0v) is 14.9. The molecule has 1 fully saturated rings. The van der Waals surface area contributed by atoms with Gasteiger partial charge in [-0.1, -0.05) is 18.2 Å². The molecule has 26 heavy (non-hydrogen) atoms. The molecule has 2 amide bonds. The molecule has 0 radical (unpaired) electrons. The average molecular weight is 350 g/mol. The number of carbonyl (C=O) groups is 2. The third kappa shape index (κ3) is 3.08. The number of amides is 2. The number of hydrogen-bond donors (Lipinski definition) is 0. The summed E-state index contributed by atoms with van der Waals surface area (Å²) in [6.07, 6.45) is 2.42. The van der Waals surface area contributed by atoms with Crippen LogP contribution in [0.1, 0.15) is 26.4 Å². The van der Waals surface area contributed by atoms with Crippen molar-refractivity contribution in [1.29, 1.82) is 0 Å². The number of fused-ring (bicyclic) bond motifs is 1. The zero-order chi connectivity index (χ0) is 18.1. The number of nitrogens with zero attached hydrogens (tertiary/aromatic N) is 4. The molecular weight excluding hydrogens is 328 g/mol. The Bertz CT molecular complexity index is 843. The normalized spacial score (nSPS) is 17.3. The molecule has 6 heteroatoms. The molecule has 0 N–H and O–H groups in total. The standard InChI is InChI=1S/C20H22N4O2/c1-22-10-12-23(13-11-22)20(26)17-14-16(6-8-21-17)19(25)24-9-7-15-4-2-3-5-18(15)24/h2-6,8,14H,7,9-13H2,1H3. The van der Waals surface area contributed by atoms with Crippen LogP contribution in [-0.2, 0) is 6.42 Å². The van der Waals surface area contributed by atoms with Gasteiger partial charge in [-0.2, -0.15) is 0 Å². The highest BCUT2D eigenvalue weighted by Gasteiger charge is 2.27.